The highest BCUT2D eigenvalue weighted by atomic mass is 16.4. The molecule has 0 aliphatic rings. The first-order chi connectivity index (χ1) is 9.47. The molecule has 0 aliphatic heterocycles. The normalized spacial score (nSPS) is 13.3. The largest absolute Gasteiger partial charge is 0.459 e. The van der Waals surface area contributed by atoms with E-state index in [-0.39, 0.29) is 6.10 Å². The molecule has 0 saturated carbocycles. The summed E-state index contributed by atoms with van der Waals surface area (Å²) < 4.78 is 10.9. The number of hydrogen-bond donors (Lipinski definition) is 1. The first-order valence-corrected chi connectivity index (χ1v) is 6.89. The van der Waals surface area contributed by atoms with E-state index in [0.717, 1.165) is 11.5 Å². The Bertz CT molecular complexity index is 529. The van der Waals surface area contributed by atoms with Crippen LogP contribution in [0.2, 0.25) is 0 Å². The van der Waals surface area contributed by atoms with Crippen molar-refractivity contribution < 1.29 is 13.9 Å². The van der Waals surface area contributed by atoms with E-state index in [9.17, 15) is 5.11 Å². The van der Waals surface area contributed by atoms with E-state index in [2.05, 4.69) is 23.7 Å². The topological polar surface area (TPSA) is 62.6 Å². The Morgan fingerprint density at radius 2 is 2.10 bits per heavy atom. The second-order valence-electron chi connectivity index (χ2n) is 5.37. The third kappa shape index (κ3) is 3.49. The van der Waals surface area contributed by atoms with Gasteiger partial charge in [-0.15, -0.1) is 0 Å². The summed E-state index contributed by atoms with van der Waals surface area (Å²) >= 11 is 0. The van der Waals surface area contributed by atoms with Crippen molar-refractivity contribution >= 4 is 0 Å². The molecular weight excluding hydrogens is 256 g/mol. The highest BCUT2D eigenvalue weighted by molar-refractivity contribution is 5.44. The smallest absolute Gasteiger partial charge is 0.263 e. The number of aliphatic hydroxyl groups excluding tert-OH is 1. The molecule has 0 saturated heterocycles. The molecule has 0 bridgehead atoms. The van der Waals surface area contributed by atoms with Crippen LogP contribution >= 0.6 is 0 Å². The van der Waals surface area contributed by atoms with Crippen molar-refractivity contribution in [1.82, 2.24) is 9.88 Å². The van der Waals surface area contributed by atoms with E-state index in [1.807, 2.05) is 19.1 Å². The van der Waals surface area contributed by atoms with Gasteiger partial charge < -0.3 is 13.9 Å². The van der Waals surface area contributed by atoms with Crippen molar-refractivity contribution in [1.29, 1.82) is 0 Å². The third-order valence-corrected chi connectivity index (χ3v) is 3.21. The summed E-state index contributed by atoms with van der Waals surface area (Å²) in [6, 6.07) is 3.96. The fraction of sp³-hybridized carbons (Fsp3) is 0.533. The number of rotatable bonds is 6. The average molecular weight is 278 g/mol. The van der Waals surface area contributed by atoms with Crippen LogP contribution in [-0.2, 0) is 6.54 Å². The van der Waals surface area contributed by atoms with Gasteiger partial charge >= 0.3 is 0 Å². The first-order valence-electron chi connectivity index (χ1n) is 6.89. The van der Waals surface area contributed by atoms with Gasteiger partial charge in [0.2, 0.25) is 0 Å². The predicted octanol–water partition coefficient (Wildman–Crippen LogP) is 2.83. The van der Waals surface area contributed by atoms with E-state index in [4.69, 9.17) is 8.83 Å². The summed E-state index contributed by atoms with van der Waals surface area (Å²) in [5, 5.41) is 9.57. The van der Waals surface area contributed by atoms with Crippen LogP contribution in [0.5, 0.6) is 0 Å². The maximum atomic E-state index is 9.57. The van der Waals surface area contributed by atoms with E-state index >= 15 is 0 Å². The summed E-state index contributed by atoms with van der Waals surface area (Å²) in [4.78, 5) is 6.67. The molecule has 1 atom stereocenters. The standard InChI is InChI=1S/C15H22N2O3/c1-10(2)17(8-11(3)18)9-13-12(4)20-15(16-13)14-6-5-7-19-14/h5-7,10-11,18H,8-9H2,1-4H3/t11-/m0/s1. The van der Waals surface area contributed by atoms with Gasteiger partial charge in [0.15, 0.2) is 5.76 Å². The van der Waals surface area contributed by atoms with Crippen LogP contribution < -0.4 is 0 Å². The number of oxazole rings is 1. The van der Waals surface area contributed by atoms with Crippen molar-refractivity contribution in [2.24, 2.45) is 0 Å². The van der Waals surface area contributed by atoms with E-state index in [0.29, 0.717) is 30.8 Å². The quantitative estimate of drug-likeness (QED) is 0.880. The van der Waals surface area contributed by atoms with Gasteiger partial charge in [0.05, 0.1) is 18.1 Å². The number of furan rings is 1. The lowest BCUT2D eigenvalue weighted by Gasteiger charge is -2.26. The van der Waals surface area contributed by atoms with Crippen LogP contribution in [0.15, 0.2) is 27.2 Å². The van der Waals surface area contributed by atoms with E-state index < -0.39 is 0 Å². The molecule has 0 aromatic carbocycles. The van der Waals surface area contributed by atoms with E-state index in [1.54, 1.807) is 13.2 Å². The zero-order valence-electron chi connectivity index (χ0n) is 12.5. The number of nitrogens with zero attached hydrogens (tertiary/aromatic N) is 2. The molecule has 110 valence electrons. The fourth-order valence-electron chi connectivity index (χ4n) is 2.07. The lowest BCUT2D eigenvalue weighted by Crippen LogP contribution is -2.36. The van der Waals surface area contributed by atoms with Gasteiger partial charge in [0.1, 0.15) is 5.76 Å². The predicted molar refractivity (Wildman–Crippen MR) is 76.2 cm³/mol. The Morgan fingerprint density at radius 1 is 1.35 bits per heavy atom. The van der Waals surface area contributed by atoms with Gasteiger partial charge in [-0.05, 0) is 39.8 Å². The van der Waals surface area contributed by atoms with Crippen LogP contribution in [0.25, 0.3) is 11.7 Å². The molecule has 2 aromatic heterocycles. The molecule has 0 unspecified atom stereocenters. The first kappa shape index (κ1) is 14.8. The fourth-order valence-corrected chi connectivity index (χ4v) is 2.07. The maximum absolute atomic E-state index is 9.57. The Labute approximate surface area is 119 Å². The lowest BCUT2D eigenvalue weighted by atomic mass is 10.2. The second kappa shape index (κ2) is 6.24. The zero-order chi connectivity index (χ0) is 14.7. The average Bonchev–Trinajstić information content (AvgIpc) is 2.98. The summed E-state index contributed by atoms with van der Waals surface area (Å²) in [6.07, 6.45) is 1.23. The van der Waals surface area contributed by atoms with Gasteiger partial charge in [-0.2, -0.15) is 0 Å². The molecular formula is C15H22N2O3. The lowest BCUT2D eigenvalue weighted by molar-refractivity contribution is 0.102. The number of hydrogen-bond acceptors (Lipinski definition) is 5. The molecule has 2 rings (SSSR count). The number of aromatic nitrogens is 1. The Kier molecular flexibility index (Phi) is 4.62. The monoisotopic (exact) mass is 278 g/mol. The van der Waals surface area contributed by atoms with Gasteiger partial charge in [0, 0.05) is 19.1 Å². The molecule has 0 spiro atoms. The van der Waals surface area contributed by atoms with Crippen LogP contribution in [0.3, 0.4) is 0 Å². The highest BCUT2D eigenvalue weighted by Gasteiger charge is 2.18. The zero-order valence-corrected chi connectivity index (χ0v) is 12.5. The van der Waals surface area contributed by atoms with Gasteiger partial charge in [0.25, 0.3) is 5.89 Å². The molecule has 0 fully saturated rings. The van der Waals surface area contributed by atoms with Crippen LogP contribution in [0.1, 0.15) is 32.2 Å². The molecule has 0 amide bonds. The van der Waals surface area contributed by atoms with Crippen LogP contribution in [0, 0.1) is 6.92 Å². The van der Waals surface area contributed by atoms with Gasteiger partial charge in [-0.25, -0.2) is 4.98 Å². The summed E-state index contributed by atoms with van der Waals surface area (Å²) in [7, 11) is 0. The van der Waals surface area contributed by atoms with Crippen molar-refractivity contribution in [3.8, 4) is 11.7 Å². The van der Waals surface area contributed by atoms with Crippen molar-refractivity contribution in [2.45, 2.75) is 46.4 Å². The molecule has 20 heavy (non-hydrogen) atoms. The molecule has 0 aliphatic carbocycles. The molecule has 5 nitrogen and oxygen atoms in total. The van der Waals surface area contributed by atoms with Crippen molar-refractivity contribution in [2.75, 3.05) is 6.54 Å². The Hall–Kier alpha value is -1.59. The highest BCUT2D eigenvalue weighted by Crippen LogP contribution is 2.23. The Morgan fingerprint density at radius 3 is 2.65 bits per heavy atom. The minimum absolute atomic E-state index is 0.327. The summed E-state index contributed by atoms with van der Waals surface area (Å²) in [5.41, 5.74) is 0.880. The maximum Gasteiger partial charge on any atom is 0.263 e. The van der Waals surface area contributed by atoms with Gasteiger partial charge in [-0.1, -0.05) is 0 Å². The summed E-state index contributed by atoms with van der Waals surface area (Å²) in [5.74, 6) is 1.92. The SMILES string of the molecule is Cc1oc(-c2ccco2)nc1CN(C[C@H](C)O)C(C)C. The molecule has 0 radical (unpaired) electrons. The third-order valence-electron chi connectivity index (χ3n) is 3.21. The number of aryl methyl sites for hydroxylation is 1. The Balaban J connectivity index is 2.16. The van der Waals surface area contributed by atoms with Crippen LogP contribution in [-0.4, -0.2) is 33.7 Å². The van der Waals surface area contributed by atoms with Crippen molar-refractivity contribution in [3.05, 3.63) is 29.9 Å². The van der Waals surface area contributed by atoms with Crippen LogP contribution in [0.4, 0.5) is 0 Å². The molecule has 2 heterocycles. The minimum atomic E-state index is -0.367. The molecule has 2 aromatic rings. The molecule has 5 heteroatoms. The minimum Gasteiger partial charge on any atom is -0.459 e. The van der Waals surface area contributed by atoms with E-state index in [1.165, 1.54) is 0 Å². The molecule has 1 N–H and O–H groups in total. The van der Waals surface area contributed by atoms with Crippen molar-refractivity contribution in [3.63, 3.8) is 0 Å². The number of aliphatic hydroxyl groups is 1. The second-order valence-corrected chi connectivity index (χ2v) is 5.37. The summed E-state index contributed by atoms with van der Waals surface area (Å²) in [6.45, 7) is 9.16. The van der Waals surface area contributed by atoms with Gasteiger partial charge in [-0.3, -0.25) is 4.90 Å².